The van der Waals surface area contributed by atoms with Crippen molar-refractivity contribution < 1.29 is 4.74 Å². The van der Waals surface area contributed by atoms with Gasteiger partial charge in [0.1, 0.15) is 0 Å². The molecule has 0 aromatic carbocycles. The summed E-state index contributed by atoms with van der Waals surface area (Å²) in [6, 6.07) is 0.500. The molecule has 0 N–H and O–H groups in total. The second-order valence-corrected chi connectivity index (χ2v) is 5.51. The zero-order valence-electron chi connectivity index (χ0n) is 12.6. The molecular formula is C14H24N4O. The van der Waals surface area contributed by atoms with Crippen molar-refractivity contribution in [1.82, 2.24) is 14.9 Å². The van der Waals surface area contributed by atoms with Crippen molar-refractivity contribution in [3.05, 3.63) is 17.5 Å². The van der Waals surface area contributed by atoms with E-state index in [-0.39, 0.29) is 0 Å². The van der Waals surface area contributed by atoms with Crippen molar-refractivity contribution in [2.75, 3.05) is 39.2 Å². The minimum absolute atomic E-state index is 0.351. The molecule has 0 aliphatic carbocycles. The van der Waals surface area contributed by atoms with Crippen LogP contribution in [-0.4, -0.2) is 61.3 Å². The van der Waals surface area contributed by atoms with E-state index in [9.17, 15) is 0 Å². The first-order chi connectivity index (χ1) is 9.01. The van der Waals surface area contributed by atoms with Gasteiger partial charge in [-0.1, -0.05) is 0 Å². The number of ether oxygens (including phenoxy) is 1. The summed E-state index contributed by atoms with van der Waals surface area (Å²) in [4.78, 5) is 13.4. The monoisotopic (exact) mass is 264 g/mol. The Bertz CT molecular complexity index is 437. The van der Waals surface area contributed by atoms with Crippen LogP contribution in [0.15, 0.2) is 6.20 Å². The molecule has 1 fully saturated rings. The predicted octanol–water partition coefficient (Wildman–Crippen LogP) is 1.25. The Morgan fingerprint density at radius 1 is 1.47 bits per heavy atom. The highest BCUT2D eigenvalue weighted by molar-refractivity contribution is 5.31. The maximum absolute atomic E-state index is 5.44. The van der Waals surface area contributed by atoms with Crippen LogP contribution in [0.4, 0.5) is 5.95 Å². The third kappa shape index (κ3) is 3.22. The van der Waals surface area contributed by atoms with Gasteiger partial charge in [-0.15, -0.1) is 0 Å². The molecule has 1 saturated heterocycles. The summed E-state index contributed by atoms with van der Waals surface area (Å²) in [6.07, 6.45) is 3.32. The summed E-state index contributed by atoms with van der Waals surface area (Å²) < 4.78 is 5.44. The maximum Gasteiger partial charge on any atom is 0.225 e. The smallest absolute Gasteiger partial charge is 0.225 e. The van der Waals surface area contributed by atoms with Gasteiger partial charge in [-0.3, -0.25) is 4.90 Å². The van der Waals surface area contributed by atoms with Crippen LogP contribution >= 0.6 is 0 Å². The first-order valence-electron chi connectivity index (χ1n) is 6.75. The van der Waals surface area contributed by atoms with Crippen molar-refractivity contribution in [2.24, 2.45) is 0 Å². The molecule has 1 aromatic heterocycles. The summed E-state index contributed by atoms with van der Waals surface area (Å²) in [5.41, 5.74) is 2.18. The molecule has 0 bridgehead atoms. The Morgan fingerprint density at radius 2 is 2.21 bits per heavy atom. The van der Waals surface area contributed by atoms with Crippen molar-refractivity contribution >= 4 is 5.95 Å². The Balaban J connectivity index is 2.00. The standard InChI is InChI=1S/C14H24N4O/c1-10-7-15-14(16-11(10)2)18(4)8-12-6-13(19-5)9-17(12)3/h7,12-13H,6,8-9H2,1-5H3/t12-,13-/m0/s1. The van der Waals surface area contributed by atoms with Gasteiger partial charge in [-0.05, 0) is 32.9 Å². The van der Waals surface area contributed by atoms with Gasteiger partial charge in [0.2, 0.25) is 5.95 Å². The average molecular weight is 264 g/mol. The van der Waals surface area contributed by atoms with Crippen LogP contribution in [0.1, 0.15) is 17.7 Å². The van der Waals surface area contributed by atoms with Crippen molar-refractivity contribution in [3.8, 4) is 0 Å². The molecule has 1 aromatic rings. The SMILES string of the molecule is CO[C@H]1C[C@@H](CN(C)c2ncc(C)c(C)n2)N(C)C1. The zero-order chi connectivity index (χ0) is 14.0. The first kappa shape index (κ1) is 14.2. The summed E-state index contributed by atoms with van der Waals surface area (Å²) >= 11 is 0. The Morgan fingerprint density at radius 3 is 2.79 bits per heavy atom. The van der Waals surface area contributed by atoms with Crippen LogP contribution in [0.2, 0.25) is 0 Å². The number of nitrogens with zero attached hydrogens (tertiary/aromatic N) is 4. The van der Waals surface area contributed by atoms with E-state index in [4.69, 9.17) is 4.74 Å². The highest BCUT2D eigenvalue weighted by Crippen LogP contribution is 2.20. The highest BCUT2D eigenvalue weighted by Gasteiger charge is 2.30. The van der Waals surface area contributed by atoms with Gasteiger partial charge in [0.15, 0.2) is 0 Å². The van der Waals surface area contributed by atoms with E-state index in [0.717, 1.165) is 36.7 Å². The van der Waals surface area contributed by atoms with Gasteiger partial charge in [0.05, 0.1) is 6.10 Å². The Labute approximate surface area is 115 Å². The van der Waals surface area contributed by atoms with Crippen LogP contribution in [0.5, 0.6) is 0 Å². The van der Waals surface area contributed by atoms with Gasteiger partial charge in [0.25, 0.3) is 0 Å². The van der Waals surface area contributed by atoms with E-state index in [1.165, 1.54) is 0 Å². The number of rotatable bonds is 4. The number of aryl methyl sites for hydroxylation is 2. The number of methoxy groups -OCH3 is 1. The van der Waals surface area contributed by atoms with E-state index in [2.05, 4.69) is 33.9 Å². The van der Waals surface area contributed by atoms with E-state index >= 15 is 0 Å². The molecule has 0 unspecified atom stereocenters. The number of anilines is 1. The molecule has 1 aliphatic heterocycles. The van der Waals surface area contributed by atoms with Gasteiger partial charge in [-0.25, -0.2) is 9.97 Å². The van der Waals surface area contributed by atoms with Crippen LogP contribution < -0.4 is 4.90 Å². The normalized spacial score (nSPS) is 23.8. The molecule has 2 heterocycles. The third-order valence-electron chi connectivity index (χ3n) is 4.02. The number of hydrogen-bond donors (Lipinski definition) is 0. The molecule has 2 atom stereocenters. The Hall–Kier alpha value is -1.20. The van der Waals surface area contributed by atoms with E-state index < -0.39 is 0 Å². The van der Waals surface area contributed by atoms with Gasteiger partial charge in [-0.2, -0.15) is 0 Å². The molecule has 0 saturated carbocycles. The highest BCUT2D eigenvalue weighted by atomic mass is 16.5. The number of aromatic nitrogens is 2. The lowest BCUT2D eigenvalue weighted by molar-refractivity contribution is 0.111. The number of likely N-dealkylation sites (tertiary alicyclic amines) is 1. The van der Waals surface area contributed by atoms with Crippen LogP contribution in [0, 0.1) is 13.8 Å². The molecule has 0 spiro atoms. The summed E-state index contributed by atoms with van der Waals surface area (Å²) in [5.74, 6) is 0.803. The molecule has 2 rings (SSSR count). The minimum Gasteiger partial charge on any atom is -0.380 e. The quantitative estimate of drug-likeness (QED) is 0.818. The van der Waals surface area contributed by atoms with Crippen molar-refractivity contribution in [1.29, 1.82) is 0 Å². The fraction of sp³-hybridized carbons (Fsp3) is 0.714. The molecule has 5 nitrogen and oxygen atoms in total. The average Bonchev–Trinajstić information content (AvgIpc) is 2.73. The fourth-order valence-electron chi connectivity index (χ4n) is 2.51. The van der Waals surface area contributed by atoms with E-state index in [0.29, 0.717) is 12.1 Å². The van der Waals surface area contributed by atoms with Gasteiger partial charge < -0.3 is 9.64 Å². The zero-order valence-corrected chi connectivity index (χ0v) is 12.6. The van der Waals surface area contributed by atoms with Crippen LogP contribution in [-0.2, 0) is 4.74 Å². The number of likely N-dealkylation sites (N-methyl/N-ethyl adjacent to an activating group) is 2. The Kier molecular flexibility index (Phi) is 4.37. The molecule has 0 amide bonds. The second-order valence-electron chi connectivity index (χ2n) is 5.51. The molecular weight excluding hydrogens is 240 g/mol. The fourth-order valence-corrected chi connectivity index (χ4v) is 2.51. The maximum atomic E-state index is 5.44. The predicted molar refractivity (Wildman–Crippen MR) is 76.6 cm³/mol. The molecule has 106 valence electrons. The van der Waals surface area contributed by atoms with Crippen molar-refractivity contribution in [2.45, 2.75) is 32.4 Å². The summed E-state index contributed by atoms with van der Waals surface area (Å²) in [5, 5.41) is 0. The molecule has 5 heteroatoms. The largest absolute Gasteiger partial charge is 0.380 e. The summed E-state index contributed by atoms with van der Waals surface area (Å²) in [6.45, 7) is 5.99. The lowest BCUT2D eigenvalue weighted by Crippen LogP contribution is -2.37. The minimum atomic E-state index is 0.351. The van der Waals surface area contributed by atoms with Crippen LogP contribution in [0.25, 0.3) is 0 Å². The van der Waals surface area contributed by atoms with Gasteiger partial charge in [0, 0.05) is 45.2 Å². The third-order valence-corrected chi connectivity index (χ3v) is 4.02. The molecule has 1 aliphatic rings. The molecule has 0 radical (unpaired) electrons. The summed E-state index contributed by atoms with van der Waals surface area (Å²) in [7, 11) is 5.99. The molecule has 19 heavy (non-hydrogen) atoms. The number of hydrogen-bond acceptors (Lipinski definition) is 5. The van der Waals surface area contributed by atoms with E-state index in [1.54, 1.807) is 7.11 Å². The topological polar surface area (TPSA) is 41.5 Å². The second kappa shape index (κ2) is 5.84. The van der Waals surface area contributed by atoms with E-state index in [1.807, 2.05) is 20.0 Å². The lowest BCUT2D eigenvalue weighted by atomic mass is 10.2. The lowest BCUT2D eigenvalue weighted by Gasteiger charge is -2.25. The van der Waals surface area contributed by atoms with Crippen molar-refractivity contribution in [3.63, 3.8) is 0 Å². The van der Waals surface area contributed by atoms with Crippen LogP contribution in [0.3, 0.4) is 0 Å². The first-order valence-corrected chi connectivity index (χ1v) is 6.75. The van der Waals surface area contributed by atoms with Gasteiger partial charge >= 0.3 is 0 Å².